The molecule has 0 atom stereocenters. The van der Waals surface area contributed by atoms with E-state index in [1.165, 1.54) is 10.0 Å². The van der Waals surface area contributed by atoms with E-state index in [1.54, 1.807) is 25.3 Å². The zero-order valence-electron chi connectivity index (χ0n) is 12.1. The molecule has 0 N–H and O–H groups in total. The standard InChI is InChI=1S/C17H14N2O3/c1-22-13-6-7-15-12(8-13)10-19-16(20)14-5-3-2-4-11(14)9-18(19)17(15)21/h2-8H,9-10H2,1H3. The van der Waals surface area contributed by atoms with E-state index in [1.807, 2.05) is 24.3 Å². The molecule has 4 rings (SSSR count). The van der Waals surface area contributed by atoms with Gasteiger partial charge in [-0.3, -0.25) is 9.59 Å². The highest BCUT2D eigenvalue weighted by molar-refractivity contribution is 6.03. The van der Waals surface area contributed by atoms with Crippen LogP contribution in [0.3, 0.4) is 0 Å². The van der Waals surface area contributed by atoms with Gasteiger partial charge >= 0.3 is 0 Å². The molecule has 2 amide bonds. The fourth-order valence-corrected chi connectivity index (χ4v) is 3.04. The molecule has 2 aliphatic heterocycles. The molecule has 0 fully saturated rings. The van der Waals surface area contributed by atoms with E-state index in [2.05, 4.69) is 0 Å². The first kappa shape index (κ1) is 12.9. The first-order valence-corrected chi connectivity index (χ1v) is 7.07. The Bertz CT molecular complexity index is 800. The maximum atomic E-state index is 12.7. The van der Waals surface area contributed by atoms with Gasteiger partial charge in [0.25, 0.3) is 11.8 Å². The predicted molar refractivity (Wildman–Crippen MR) is 79.2 cm³/mol. The van der Waals surface area contributed by atoms with Crippen molar-refractivity contribution in [3.8, 4) is 5.75 Å². The summed E-state index contributed by atoms with van der Waals surface area (Å²) in [5.41, 5.74) is 2.99. The van der Waals surface area contributed by atoms with E-state index in [4.69, 9.17) is 4.74 Å². The average molecular weight is 294 g/mol. The third-order valence-electron chi connectivity index (χ3n) is 4.19. The lowest BCUT2D eigenvalue weighted by atomic mass is 9.98. The van der Waals surface area contributed by atoms with Crippen LogP contribution in [-0.2, 0) is 13.1 Å². The number of methoxy groups -OCH3 is 1. The molecule has 22 heavy (non-hydrogen) atoms. The molecule has 2 aromatic rings. The number of carbonyl (C=O) groups is 2. The van der Waals surface area contributed by atoms with Gasteiger partial charge in [-0.05, 0) is 35.4 Å². The largest absolute Gasteiger partial charge is 0.497 e. The van der Waals surface area contributed by atoms with Gasteiger partial charge in [0.2, 0.25) is 0 Å². The van der Waals surface area contributed by atoms with E-state index < -0.39 is 0 Å². The smallest absolute Gasteiger partial charge is 0.273 e. The topological polar surface area (TPSA) is 49.9 Å². The predicted octanol–water partition coefficient (Wildman–Crippen LogP) is 2.22. The summed E-state index contributed by atoms with van der Waals surface area (Å²) in [7, 11) is 1.58. The fraction of sp³-hybridized carbons (Fsp3) is 0.176. The van der Waals surface area contributed by atoms with Crippen LogP contribution in [0.25, 0.3) is 0 Å². The van der Waals surface area contributed by atoms with Crippen molar-refractivity contribution in [3.63, 3.8) is 0 Å². The molecular formula is C17H14N2O3. The van der Waals surface area contributed by atoms with Gasteiger partial charge in [-0.1, -0.05) is 18.2 Å². The molecule has 5 nitrogen and oxygen atoms in total. The molecule has 0 saturated heterocycles. The molecule has 110 valence electrons. The first-order valence-electron chi connectivity index (χ1n) is 7.07. The first-order chi connectivity index (χ1) is 10.7. The molecule has 2 aromatic carbocycles. The molecule has 0 saturated carbocycles. The minimum Gasteiger partial charge on any atom is -0.497 e. The SMILES string of the molecule is COc1ccc2c(c1)CN1C(=O)c3ccccc3CN1C2=O. The third-order valence-corrected chi connectivity index (χ3v) is 4.19. The number of hydrogen-bond acceptors (Lipinski definition) is 3. The second kappa shape index (κ2) is 4.59. The van der Waals surface area contributed by atoms with E-state index in [9.17, 15) is 9.59 Å². The lowest BCUT2D eigenvalue weighted by molar-refractivity contribution is -0.0218. The van der Waals surface area contributed by atoms with Gasteiger partial charge in [-0.2, -0.15) is 0 Å². The summed E-state index contributed by atoms with van der Waals surface area (Å²) in [4.78, 5) is 25.4. The quantitative estimate of drug-likeness (QED) is 0.810. The second-order valence-electron chi connectivity index (χ2n) is 5.41. The Morgan fingerprint density at radius 1 is 0.864 bits per heavy atom. The van der Waals surface area contributed by atoms with Gasteiger partial charge in [0.1, 0.15) is 5.75 Å². The Balaban J connectivity index is 1.80. The molecule has 0 bridgehead atoms. The lowest BCUT2D eigenvalue weighted by Crippen LogP contribution is -2.54. The average Bonchev–Trinajstić information content (AvgIpc) is 2.56. The summed E-state index contributed by atoms with van der Waals surface area (Å²) < 4.78 is 5.21. The number of carbonyl (C=O) groups excluding carboxylic acids is 2. The van der Waals surface area contributed by atoms with Crippen LogP contribution >= 0.6 is 0 Å². The van der Waals surface area contributed by atoms with E-state index in [-0.39, 0.29) is 11.8 Å². The molecule has 2 heterocycles. The third kappa shape index (κ3) is 1.72. The Labute approximate surface area is 127 Å². The Morgan fingerprint density at radius 2 is 1.50 bits per heavy atom. The molecule has 0 aromatic heterocycles. The molecule has 5 heteroatoms. The minimum atomic E-state index is -0.147. The van der Waals surface area contributed by atoms with Gasteiger partial charge in [0.05, 0.1) is 20.2 Å². The van der Waals surface area contributed by atoms with E-state index >= 15 is 0 Å². The van der Waals surface area contributed by atoms with Gasteiger partial charge in [0, 0.05) is 11.1 Å². The summed E-state index contributed by atoms with van der Waals surface area (Å²) in [6, 6.07) is 12.8. The number of ether oxygens (including phenoxy) is 1. The second-order valence-corrected chi connectivity index (χ2v) is 5.41. The molecule has 0 unspecified atom stereocenters. The number of hydrazine groups is 1. The number of amides is 2. The van der Waals surface area contributed by atoms with E-state index in [0.29, 0.717) is 30.0 Å². The van der Waals surface area contributed by atoms with Gasteiger partial charge < -0.3 is 4.74 Å². The number of nitrogens with zero attached hydrogens (tertiary/aromatic N) is 2. The minimum absolute atomic E-state index is 0.135. The van der Waals surface area contributed by atoms with Crippen molar-refractivity contribution in [2.75, 3.05) is 7.11 Å². The van der Waals surface area contributed by atoms with Crippen molar-refractivity contribution in [2.24, 2.45) is 0 Å². The van der Waals surface area contributed by atoms with Crippen molar-refractivity contribution in [1.82, 2.24) is 10.0 Å². The fourth-order valence-electron chi connectivity index (χ4n) is 3.04. The maximum Gasteiger partial charge on any atom is 0.273 e. The monoisotopic (exact) mass is 294 g/mol. The molecule has 0 radical (unpaired) electrons. The summed E-state index contributed by atoms with van der Waals surface area (Å²) in [6.07, 6.45) is 0. The molecule has 2 aliphatic rings. The van der Waals surface area contributed by atoms with Crippen LogP contribution in [-0.4, -0.2) is 28.9 Å². The number of fused-ring (bicyclic) bond motifs is 3. The van der Waals surface area contributed by atoms with Crippen LogP contribution < -0.4 is 4.74 Å². The maximum absolute atomic E-state index is 12.7. The van der Waals surface area contributed by atoms with Crippen molar-refractivity contribution in [2.45, 2.75) is 13.1 Å². The van der Waals surface area contributed by atoms with Crippen molar-refractivity contribution < 1.29 is 14.3 Å². The van der Waals surface area contributed by atoms with Gasteiger partial charge in [-0.25, -0.2) is 10.0 Å². The van der Waals surface area contributed by atoms with E-state index in [0.717, 1.165) is 11.1 Å². The van der Waals surface area contributed by atoms with Crippen molar-refractivity contribution in [1.29, 1.82) is 0 Å². The highest BCUT2D eigenvalue weighted by Gasteiger charge is 2.38. The normalized spacial score (nSPS) is 16.0. The van der Waals surface area contributed by atoms with Crippen LogP contribution in [0.1, 0.15) is 31.8 Å². The lowest BCUT2D eigenvalue weighted by Gasteiger charge is -2.42. The molecular weight excluding hydrogens is 280 g/mol. The Kier molecular flexibility index (Phi) is 2.69. The van der Waals surface area contributed by atoms with Crippen LogP contribution in [0.15, 0.2) is 42.5 Å². The summed E-state index contributed by atoms with van der Waals surface area (Å²) >= 11 is 0. The zero-order valence-corrected chi connectivity index (χ0v) is 12.1. The summed E-state index contributed by atoms with van der Waals surface area (Å²) in [5.74, 6) is 0.403. The highest BCUT2D eigenvalue weighted by atomic mass is 16.5. The van der Waals surface area contributed by atoms with Gasteiger partial charge in [-0.15, -0.1) is 0 Å². The van der Waals surface area contributed by atoms with Crippen LogP contribution in [0.5, 0.6) is 5.75 Å². The van der Waals surface area contributed by atoms with Gasteiger partial charge in [0.15, 0.2) is 0 Å². The van der Waals surface area contributed by atoms with Crippen molar-refractivity contribution >= 4 is 11.8 Å². The van der Waals surface area contributed by atoms with Crippen LogP contribution in [0.2, 0.25) is 0 Å². The van der Waals surface area contributed by atoms with Crippen LogP contribution in [0, 0.1) is 0 Å². The number of hydrogen-bond donors (Lipinski definition) is 0. The number of rotatable bonds is 1. The van der Waals surface area contributed by atoms with Crippen molar-refractivity contribution in [3.05, 3.63) is 64.7 Å². The zero-order chi connectivity index (χ0) is 15.3. The summed E-state index contributed by atoms with van der Waals surface area (Å²) in [6.45, 7) is 0.803. The number of benzene rings is 2. The van der Waals surface area contributed by atoms with Crippen LogP contribution in [0.4, 0.5) is 0 Å². The summed E-state index contributed by atoms with van der Waals surface area (Å²) in [5, 5.41) is 3.05. The Morgan fingerprint density at radius 3 is 2.23 bits per heavy atom. The Hall–Kier alpha value is -2.82. The molecule has 0 aliphatic carbocycles. The molecule has 0 spiro atoms. The highest BCUT2D eigenvalue weighted by Crippen LogP contribution is 2.32.